The van der Waals surface area contributed by atoms with Gasteiger partial charge in [0.2, 0.25) is 0 Å². The van der Waals surface area contributed by atoms with Crippen LogP contribution in [-0.4, -0.2) is 28.8 Å². The molecule has 0 aliphatic carbocycles. The molecule has 0 saturated heterocycles. The molecule has 4 nitrogen and oxygen atoms in total. The molecule has 0 fully saturated rings. The molecule has 0 rings (SSSR count). The van der Waals surface area contributed by atoms with Crippen LogP contribution in [0, 0.1) is 0 Å². The Hall–Kier alpha value is -0.870. The zero-order valence-electron chi connectivity index (χ0n) is 5.74. The Morgan fingerprint density at radius 2 is 2.30 bits per heavy atom. The molecule has 4 heteroatoms. The lowest BCUT2D eigenvalue weighted by atomic mass is 10.1. The van der Waals surface area contributed by atoms with E-state index in [-0.39, 0.29) is 6.61 Å². The number of carboxylic acids is 1. The number of hydrogen-bond donors (Lipinski definition) is 3. The molecule has 0 aliphatic heterocycles. The minimum absolute atomic E-state index is 0.302. The highest BCUT2D eigenvalue weighted by atomic mass is 16.4. The smallest absolute Gasteiger partial charge is 0.324 e. The number of carboxylic acid groups (broad SMARTS) is 1. The third-order valence-corrected chi connectivity index (χ3v) is 1.22. The summed E-state index contributed by atoms with van der Waals surface area (Å²) in [5, 5.41) is 16.9. The number of aliphatic hydroxyl groups is 1. The molecule has 0 aromatic rings. The largest absolute Gasteiger partial charge is 0.480 e. The molecule has 1 atom stereocenters. The average Bonchev–Trinajstić information content (AvgIpc) is 1.90. The van der Waals surface area contributed by atoms with Gasteiger partial charge < -0.3 is 15.9 Å². The van der Waals surface area contributed by atoms with Crippen molar-refractivity contribution in [3.05, 3.63) is 11.6 Å². The second-order valence-electron chi connectivity index (χ2n) is 1.84. The Morgan fingerprint density at radius 3 is 2.40 bits per heavy atom. The van der Waals surface area contributed by atoms with Gasteiger partial charge in [0.05, 0.1) is 6.61 Å². The van der Waals surface area contributed by atoms with Gasteiger partial charge in [-0.05, 0) is 12.5 Å². The van der Waals surface area contributed by atoms with E-state index >= 15 is 0 Å². The van der Waals surface area contributed by atoms with E-state index < -0.39 is 12.0 Å². The summed E-state index contributed by atoms with van der Waals surface area (Å²) in [5.41, 5.74) is 5.48. The SMILES string of the molecule is C/C=C(/CO)[C@H](N)C(=O)O. The molecule has 0 spiro atoms. The van der Waals surface area contributed by atoms with E-state index in [1.807, 2.05) is 0 Å². The van der Waals surface area contributed by atoms with Crippen LogP contribution in [0.4, 0.5) is 0 Å². The first-order valence-corrected chi connectivity index (χ1v) is 2.87. The number of nitrogens with two attached hydrogens (primary N) is 1. The number of aliphatic hydroxyl groups excluding tert-OH is 1. The Bertz CT molecular complexity index is 153. The summed E-state index contributed by atoms with van der Waals surface area (Å²) in [5.74, 6) is -1.12. The monoisotopic (exact) mass is 145 g/mol. The van der Waals surface area contributed by atoms with Crippen LogP contribution in [0.5, 0.6) is 0 Å². The summed E-state index contributed by atoms with van der Waals surface area (Å²) in [4.78, 5) is 10.2. The molecule has 0 aliphatic rings. The number of hydrogen-bond acceptors (Lipinski definition) is 3. The molecule has 0 radical (unpaired) electrons. The van der Waals surface area contributed by atoms with Crippen molar-refractivity contribution in [3.63, 3.8) is 0 Å². The standard InChI is InChI=1S/C6H11NO3/c1-2-4(3-8)5(7)6(9)10/h2,5,8H,3,7H2,1H3,(H,9,10)/b4-2-/t5-/m0/s1. The number of aliphatic carboxylic acids is 1. The zero-order valence-corrected chi connectivity index (χ0v) is 5.74. The highest BCUT2D eigenvalue weighted by Gasteiger charge is 2.14. The second kappa shape index (κ2) is 4.03. The van der Waals surface area contributed by atoms with Crippen molar-refractivity contribution in [2.24, 2.45) is 5.73 Å². The fourth-order valence-electron chi connectivity index (χ4n) is 0.528. The quantitative estimate of drug-likeness (QED) is 0.460. The molecule has 0 bridgehead atoms. The zero-order chi connectivity index (χ0) is 8.15. The van der Waals surface area contributed by atoms with Crippen molar-refractivity contribution in [2.75, 3.05) is 6.61 Å². The number of rotatable bonds is 3. The third kappa shape index (κ3) is 2.16. The second-order valence-corrected chi connectivity index (χ2v) is 1.84. The van der Waals surface area contributed by atoms with Crippen molar-refractivity contribution < 1.29 is 15.0 Å². The molecule has 0 unspecified atom stereocenters. The fraction of sp³-hybridized carbons (Fsp3) is 0.500. The van der Waals surface area contributed by atoms with Crippen LogP contribution in [0.25, 0.3) is 0 Å². The molecule has 0 amide bonds. The summed E-state index contributed by atoms with van der Waals surface area (Å²) < 4.78 is 0. The Balaban J connectivity index is 4.17. The van der Waals surface area contributed by atoms with Crippen LogP contribution in [0.2, 0.25) is 0 Å². The normalized spacial score (nSPS) is 14.9. The minimum atomic E-state index is -1.12. The van der Waals surface area contributed by atoms with Gasteiger partial charge >= 0.3 is 5.97 Å². The van der Waals surface area contributed by atoms with E-state index in [9.17, 15) is 4.79 Å². The van der Waals surface area contributed by atoms with Crippen molar-refractivity contribution in [3.8, 4) is 0 Å². The van der Waals surface area contributed by atoms with E-state index in [4.69, 9.17) is 15.9 Å². The first-order chi connectivity index (χ1) is 4.63. The molecule has 58 valence electrons. The molecule has 0 aromatic heterocycles. The van der Waals surface area contributed by atoms with Crippen molar-refractivity contribution in [1.82, 2.24) is 0 Å². The fourth-order valence-corrected chi connectivity index (χ4v) is 0.528. The van der Waals surface area contributed by atoms with E-state index in [1.54, 1.807) is 6.92 Å². The van der Waals surface area contributed by atoms with E-state index in [0.29, 0.717) is 5.57 Å². The molecule has 0 heterocycles. The van der Waals surface area contributed by atoms with Crippen molar-refractivity contribution in [2.45, 2.75) is 13.0 Å². The third-order valence-electron chi connectivity index (χ3n) is 1.22. The maximum absolute atomic E-state index is 10.2. The van der Waals surface area contributed by atoms with E-state index in [1.165, 1.54) is 6.08 Å². The van der Waals surface area contributed by atoms with E-state index in [2.05, 4.69) is 0 Å². The van der Waals surface area contributed by atoms with E-state index in [0.717, 1.165) is 0 Å². The van der Waals surface area contributed by atoms with Crippen LogP contribution >= 0.6 is 0 Å². The lowest BCUT2D eigenvalue weighted by Gasteiger charge is -2.06. The predicted octanol–water partition coefficient (Wildman–Crippen LogP) is -0.663. The summed E-state index contributed by atoms with van der Waals surface area (Å²) in [6.45, 7) is 1.33. The van der Waals surface area contributed by atoms with Gasteiger partial charge in [-0.25, -0.2) is 0 Å². The Labute approximate surface area is 59.0 Å². The van der Waals surface area contributed by atoms with Crippen LogP contribution in [-0.2, 0) is 4.79 Å². The van der Waals surface area contributed by atoms with Gasteiger partial charge in [-0.3, -0.25) is 4.79 Å². The molecular formula is C6H11NO3. The van der Waals surface area contributed by atoms with Gasteiger partial charge in [0, 0.05) is 0 Å². The van der Waals surface area contributed by atoms with Crippen LogP contribution in [0.3, 0.4) is 0 Å². The predicted molar refractivity (Wildman–Crippen MR) is 36.5 cm³/mol. The minimum Gasteiger partial charge on any atom is -0.480 e. The molecule has 4 N–H and O–H groups in total. The maximum atomic E-state index is 10.2. The van der Waals surface area contributed by atoms with Crippen LogP contribution < -0.4 is 5.73 Å². The molecule has 0 aromatic carbocycles. The van der Waals surface area contributed by atoms with Gasteiger partial charge in [-0.1, -0.05) is 6.08 Å². The molecule has 0 saturated carbocycles. The van der Waals surface area contributed by atoms with Gasteiger partial charge in [0.25, 0.3) is 0 Å². The average molecular weight is 145 g/mol. The summed E-state index contributed by atoms with van der Waals surface area (Å²) in [6, 6.07) is -1.07. The summed E-state index contributed by atoms with van der Waals surface area (Å²) >= 11 is 0. The number of allylic oxidation sites excluding steroid dienone is 1. The first kappa shape index (κ1) is 9.13. The molecular weight excluding hydrogens is 134 g/mol. The van der Waals surface area contributed by atoms with Gasteiger partial charge in [0.15, 0.2) is 0 Å². The Morgan fingerprint density at radius 1 is 1.80 bits per heavy atom. The maximum Gasteiger partial charge on any atom is 0.324 e. The summed E-state index contributed by atoms with van der Waals surface area (Å²) in [6.07, 6.45) is 1.50. The topological polar surface area (TPSA) is 83.5 Å². The lowest BCUT2D eigenvalue weighted by Crippen LogP contribution is -2.33. The van der Waals surface area contributed by atoms with Crippen LogP contribution in [0.1, 0.15) is 6.92 Å². The summed E-state index contributed by atoms with van der Waals surface area (Å²) in [7, 11) is 0. The van der Waals surface area contributed by atoms with Gasteiger partial charge in [0.1, 0.15) is 6.04 Å². The van der Waals surface area contributed by atoms with Crippen LogP contribution in [0.15, 0.2) is 11.6 Å². The van der Waals surface area contributed by atoms with Crippen molar-refractivity contribution in [1.29, 1.82) is 0 Å². The molecule has 10 heavy (non-hydrogen) atoms. The highest BCUT2D eigenvalue weighted by molar-refractivity contribution is 5.77. The van der Waals surface area contributed by atoms with Gasteiger partial charge in [-0.2, -0.15) is 0 Å². The lowest BCUT2D eigenvalue weighted by molar-refractivity contribution is -0.137. The van der Waals surface area contributed by atoms with Crippen molar-refractivity contribution >= 4 is 5.97 Å². The first-order valence-electron chi connectivity index (χ1n) is 2.87. The Kier molecular flexibility index (Phi) is 3.68. The van der Waals surface area contributed by atoms with Gasteiger partial charge in [-0.15, -0.1) is 0 Å². The number of carbonyl (C=O) groups is 1. The highest BCUT2D eigenvalue weighted by Crippen LogP contribution is 1.97.